The number of benzene rings is 2. The molecular weight excluding hydrogens is 280 g/mol. The number of nitrogens with one attached hydrogen (secondary N) is 2. The van der Waals surface area contributed by atoms with Crippen LogP contribution in [0.3, 0.4) is 0 Å². The van der Waals surface area contributed by atoms with Crippen LogP contribution in [0.4, 0.5) is 11.4 Å². The van der Waals surface area contributed by atoms with E-state index < -0.39 is 0 Å². The Hall–Kier alpha value is -2.82. The zero-order chi connectivity index (χ0) is 15.9. The maximum atomic E-state index is 11.9. The van der Waals surface area contributed by atoms with Crippen molar-refractivity contribution in [3.8, 4) is 0 Å². The monoisotopic (exact) mass is 298 g/mol. The summed E-state index contributed by atoms with van der Waals surface area (Å²) in [5, 5.41) is 5.85. The molecule has 0 fully saturated rings. The minimum atomic E-state index is -0.385. The number of anilines is 2. The van der Waals surface area contributed by atoms with E-state index in [1.165, 1.54) is 7.11 Å². The first kappa shape index (κ1) is 15.6. The average Bonchev–Trinajstić information content (AvgIpc) is 2.55. The second-order valence-corrected chi connectivity index (χ2v) is 4.79. The minimum Gasteiger partial charge on any atom is -0.465 e. The highest BCUT2D eigenvalue weighted by atomic mass is 16.5. The lowest BCUT2D eigenvalue weighted by Gasteiger charge is -2.10. The molecule has 2 aromatic carbocycles. The Morgan fingerprint density at radius 3 is 2.36 bits per heavy atom. The van der Waals surface area contributed by atoms with Gasteiger partial charge in [0.1, 0.15) is 0 Å². The lowest BCUT2D eigenvalue weighted by Crippen LogP contribution is -2.22. The van der Waals surface area contributed by atoms with Crippen LogP contribution in [0.25, 0.3) is 0 Å². The van der Waals surface area contributed by atoms with Crippen molar-refractivity contribution in [2.24, 2.45) is 0 Å². The van der Waals surface area contributed by atoms with Crippen molar-refractivity contribution in [1.29, 1.82) is 0 Å². The Balaban J connectivity index is 1.89. The van der Waals surface area contributed by atoms with Crippen LogP contribution in [0.5, 0.6) is 0 Å². The first-order valence-corrected chi connectivity index (χ1v) is 6.88. The van der Waals surface area contributed by atoms with E-state index in [0.717, 1.165) is 16.9 Å². The van der Waals surface area contributed by atoms with E-state index in [1.54, 1.807) is 24.3 Å². The molecule has 0 radical (unpaired) electrons. The molecule has 5 nitrogen and oxygen atoms in total. The number of methoxy groups -OCH3 is 1. The van der Waals surface area contributed by atoms with Gasteiger partial charge in [0.25, 0.3) is 0 Å². The summed E-state index contributed by atoms with van der Waals surface area (Å²) in [5.41, 5.74) is 3.04. The molecule has 114 valence electrons. The van der Waals surface area contributed by atoms with E-state index in [1.807, 2.05) is 31.2 Å². The molecule has 0 bridgehead atoms. The number of hydrogen-bond donors (Lipinski definition) is 2. The molecule has 0 saturated carbocycles. The number of esters is 1. The van der Waals surface area contributed by atoms with Gasteiger partial charge < -0.3 is 15.4 Å². The van der Waals surface area contributed by atoms with Gasteiger partial charge >= 0.3 is 5.97 Å². The predicted octanol–water partition coefficient (Wildman–Crippen LogP) is 2.83. The number of aryl methyl sites for hydroxylation is 1. The van der Waals surface area contributed by atoms with Gasteiger partial charge in [0, 0.05) is 11.4 Å². The highest BCUT2D eigenvalue weighted by molar-refractivity contribution is 5.94. The fourth-order valence-electron chi connectivity index (χ4n) is 1.93. The standard InChI is InChI=1S/C17H18N2O3/c1-12-5-3-4-6-15(12)19-16(20)11-18-14-9-7-13(8-10-14)17(21)22-2/h3-10,18H,11H2,1-2H3,(H,19,20). The molecule has 2 rings (SSSR count). The molecule has 0 spiro atoms. The Morgan fingerprint density at radius 1 is 1.05 bits per heavy atom. The molecule has 0 saturated heterocycles. The first-order valence-electron chi connectivity index (χ1n) is 6.88. The van der Waals surface area contributed by atoms with Crippen LogP contribution in [-0.2, 0) is 9.53 Å². The van der Waals surface area contributed by atoms with E-state index in [2.05, 4.69) is 15.4 Å². The summed E-state index contributed by atoms with van der Waals surface area (Å²) in [4.78, 5) is 23.2. The summed E-state index contributed by atoms with van der Waals surface area (Å²) in [5.74, 6) is -0.518. The molecule has 0 aliphatic heterocycles. The smallest absolute Gasteiger partial charge is 0.337 e. The number of amides is 1. The molecule has 0 aliphatic rings. The maximum Gasteiger partial charge on any atom is 0.337 e. The molecule has 1 amide bonds. The topological polar surface area (TPSA) is 67.4 Å². The largest absolute Gasteiger partial charge is 0.465 e. The molecule has 0 aromatic heterocycles. The van der Waals surface area contributed by atoms with Crippen molar-refractivity contribution in [3.05, 3.63) is 59.7 Å². The molecule has 0 atom stereocenters. The first-order chi connectivity index (χ1) is 10.6. The molecular formula is C17H18N2O3. The van der Waals surface area contributed by atoms with Gasteiger partial charge in [-0.3, -0.25) is 4.79 Å². The highest BCUT2D eigenvalue weighted by Crippen LogP contribution is 2.13. The van der Waals surface area contributed by atoms with E-state index in [0.29, 0.717) is 5.56 Å². The van der Waals surface area contributed by atoms with E-state index in [-0.39, 0.29) is 18.4 Å². The second kappa shape index (κ2) is 7.26. The summed E-state index contributed by atoms with van der Waals surface area (Å²) < 4.78 is 4.63. The quantitative estimate of drug-likeness (QED) is 0.833. The van der Waals surface area contributed by atoms with Crippen molar-refractivity contribution in [2.45, 2.75) is 6.92 Å². The molecule has 0 heterocycles. The molecule has 0 unspecified atom stereocenters. The third-order valence-corrected chi connectivity index (χ3v) is 3.18. The SMILES string of the molecule is COC(=O)c1ccc(NCC(=O)Nc2ccccc2C)cc1. The fourth-order valence-corrected chi connectivity index (χ4v) is 1.93. The normalized spacial score (nSPS) is 9.91. The van der Waals surface area contributed by atoms with Crippen molar-refractivity contribution in [2.75, 3.05) is 24.3 Å². The molecule has 2 aromatic rings. The number of carbonyl (C=O) groups excluding carboxylic acids is 2. The van der Waals surface area contributed by atoms with Crippen LogP contribution in [0, 0.1) is 6.92 Å². The average molecular weight is 298 g/mol. The summed E-state index contributed by atoms with van der Waals surface area (Å²) in [6.07, 6.45) is 0. The minimum absolute atomic E-state index is 0.133. The van der Waals surface area contributed by atoms with Gasteiger partial charge in [-0.25, -0.2) is 4.79 Å². The maximum absolute atomic E-state index is 11.9. The van der Waals surface area contributed by atoms with Gasteiger partial charge in [0.05, 0.1) is 19.2 Å². The van der Waals surface area contributed by atoms with E-state index >= 15 is 0 Å². The summed E-state index contributed by atoms with van der Waals surface area (Å²) >= 11 is 0. The number of hydrogen-bond acceptors (Lipinski definition) is 4. The van der Waals surface area contributed by atoms with Crippen molar-refractivity contribution in [3.63, 3.8) is 0 Å². The number of ether oxygens (including phenoxy) is 1. The Morgan fingerprint density at radius 2 is 1.73 bits per heavy atom. The van der Waals surface area contributed by atoms with Gasteiger partial charge in [0.15, 0.2) is 0 Å². The van der Waals surface area contributed by atoms with Crippen LogP contribution >= 0.6 is 0 Å². The van der Waals surface area contributed by atoms with Crippen molar-refractivity contribution in [1.82, 2.24) is 0 Å². The van der Waals surface area contributed by atoms with Crippen LogP contribution < -0.4 is 10.6 Å². The van der Waals surface area contributed by atoms with Gasteiger partial charge in [-0.1, -0.05) is 18.2 Å². The Labute approximate surface area is 129 Å². The van der Waals surface area contributed by atoms with Crippen molar-refractivity contribution >= 4 is 23.3 Å². The number of carbonyl (C=O) groups is 2. The van der Waals surface area contributed by atoms with E-state index in [9.17, 15) is 9.59 Å². The molecule has 0 aliphatic carbocycles. The zero-order valence-electron chi connectivity index (χ0n) is 12.6. The van der Waals surface area contributed by atoms with Crippen LogP contribution in [0.2, 0.25) is 0 Å². The fraction of sp³-hybridized carbons (Fsp3) is 0.176. The summed E-state index contributed by atoms with van der Waals surface area (Å²) in [6.45, 7) is 2.08. The number of rotatable bonds is 5. The van der Waals surface area contributed by atoms with Crippen LogP contribution in [0.1, 0.15) is 15.9 Å². The third kappa shape index (κ3) is 4.09. The predicted molar refractivity (Wildman–Crippen MR) is 86.1 cm³/mol. The molecule has 22 heavy (non-hydrogen) atoms. The third-order valence-electron chi connectivity index (χ3n) is 3.18. The van der Waals surface area contributed by atoms with Crippen LogP contribution in [0.15, 0.2) is 48.5 Å². The van der Waals surface area contributed by atoms with E-state index in [4.69, 9.17) is 0 Å². The van der Waals surface area contributed by atoms with Crippen molar-refractivity contribution < 1.29 is 14.3 Å². The zero-order valence-corrected chi connectivity index (χ0v) is 12.6. The van der Waals surface area contributed by atoms with Gasteiger partial charge in [-0.2, -0.15) is 0 Å². The van der Waals surface area contributed by atoms with Crippen LogP contribution in [-0.4, -0.2) is 25.5 Å². The summed E-state index contributed by atoms with van der Waals surface area (Å²) in [6, 6.07) is 14.3. The number of para-hydroxylation sites is 1. The highest BCUT2D eigenvalue weighted by Gasteiger charge is 2.06. The van der Waals surface area contributed by atoms with Gasteiger partial charge in [-0.05, 0) is 42.8 Å². The Kier molecular flexibility index (Phi) is 5.14. The summed E-state index contributed by atoms with van der Waals surface area (Å²) in [7, 11) is 1.34. The lowest BCUT2D eigenvalue weighted by molar-refractivity contribution is -0.114. The lowest BCUT2D eigenvalue weighted by atomic mass is 10.2. The Bertz CT molecular complexity index is 666. The second-order valence-electron chi connectivity index (χ2n) is 4.79. The molecule has 2 N–H and O–H groups in total. The van der Waals surface area contributed by atoms with Gasteiger partial charge in [0.2, 0.25) is 5.91 Å². The van der Waals surface area contributed by atoms with Gasteiger partial charge in [-0.15, -0.1) is 0 Å². The molecule has 5 heteroatoms.